The second kappa shape index (κ2) is 10.3. The number of fused-ring (bicyclic) bond motifs is 2. The summed E-state index contributed by atoms with van der Waals surface area (Å²) in [5.74, 6) is -0.827. The Morgan fingerprint density at radius 3 is 1.92 bits per heavy atom. The van der Waals surface area contributed by atoms with Crippen molar-refractivity contribution in [3.8, 4) is 0 Å². The van der Waals surface area contributed by atoms with Gasteiger partial charge >= 0.3 is 0 Å². The molecule has 0 aromatic heterocycles. The van der Waals surface area contributed by atoms with Gasteiger partial charge in [-0.2, -0.15) is 0 Å². The summed E-state index contributed by atoms with van der Waals surface area (Å²) in [7, 11) is 0. The molecule has 0 fully saturated rings. The third kappa shape index (κ3) is 4.85. The molecule has 4 aromatic carbocycles. The predicted octanol–water partition coefficient (Wildman–Crippen LogP) is 5.63. The van der Waals surface area contributed by atoms with E-state index in [4.69, 9.17) is 11.6 Å². The lowest BCUT2D eigenvalue weighted by Gasteiger charge is -2.21. The Labute approximate surface area is 214 Å². The molecule has 5 rings (SSSR count). The van der Waals surface area contributed by atoms with Gasteiger partial charge in [0.05, 0.1) is 17.3 Å². The summed E-state index contributed by atoms with van der Waals surface area (Å²) >= 11 is 6.41. The summed E-state index contributed by atoms with van der Waals surface area (Å²) in [6, 6.07) is 29.6. The summed E-state index contributed by atoms with van der Waals surface area (Å²) < 4.78 is 0. The van der Waals surface area contributed by atoms with Crippen molar-refractivity contribution in [2.45, 2.75) is 12.5 Å². The number of anilines is 1. The first-order valence-corrected chi connectivity index (χ1v) is 12.0. The molecule has 0 saturated carbocycles. The fraction of sp³-hybridized carbons (Fsp3) is 0.100. The third-order valence-electron chi connectivity index (χ3n) is 6.28. The van der Waals surface area contributed by atoms with Crippen molar-refractivity contribution >= 4 is 34.8 Å². The van der Waals surface area contributed by atoms with E-state index in [1.807, 2.05) is 48.5 Å². The number of nitrogens with one attached hydrogen (secondary N) is 2. The minimum atomic E-state index is -0.305. The lowest BCUT2D eigenvalue weighted by atomic mass is 9.84. The summed E-state index contributed by atoms with van der Waals surface area (Å²) in [5.41, 5.74) is 3.70. The normalized spacial score (nSPS) is 13.0. The lowest BCUT2D eigenvalue weighted by Crippen LogP contribution is -2.32. The molecule has 0 saturated heterocycles. The van der Waals surface area contributed by atoms with Crippen LogP contribution in [0.15, 0.2) is 97.1 Å². The van der Waals surface area contributed by atoms with Crippen LogP contribution in [0.1, 0.15) is 49.0 Å². The SMILES string of the molecule is O=C(CNC(Cc1ccccc1)c1ccccc1)Nc1cc2c(cc1Cl)C(=O)c1ccccc1C2=O. The van der Waals surface area contributed by atoms with E-state index in [1.165, 1.54) is 12.1 Å². The number of carbonyl (C=O) groups is 3. The van der Waals surface area contributed by atoms with Crippen molar-refractivity contribution in [2.24, 2.45) is 0 Å². The fourth-order valence-corrected chi connectivity index (χ4v) is 4.68. The van der Waals surface area contributed by atoms with Crippen LogP contribution in [-0.4, -0.2) is 24.0 Å². The van der Waals surface area contributed by atoms with Gasteiger partial charge in [-0.3, -0.25) is 14.4 Å². The molecule has 2 N–H and O–H groups in total. The van der Waals surface area contributed by atoms with Gasteiger partial charge in [0.25, 0.3) is 0 Å². The van der Waals surface area contributed by atoms with Crippen molar-refractivity contribution in [3.63, 3.8) is 0 Å². The van der Waals surface area contributed by atoms with Gasteiger partial charge < -0.3 is 10.6 Å². The molecule has 1 atom stereocenters. The van der Waals surface area contributed by atoms with Crippen LogP contribution in [0.3, 0.4) is 0 Å². The van der Waals surface area contributed by atoms with Gasteiger partial charge in [-0.05, 0) is 29.7 Å². The molecule has 0 bridgehead atoms. The Kier molecular flexibility index (Phi) is 6.76. The van der Waals surface area contributed by atoms with Crippen LogP contribution in [0, 0.1) is 0 Å². The molecule has 1 aliphatic rings. The highest BCUT2D eigenvalue weighted by atomic mass is 35.5. The molecule has 1 amide bonds. The zero-order chi connectivity index (χ0) is 25.1. The smallest absolute Gasteiger partial charge is 0.238 e. The molecule has 0 radical (unpaired) electrons. The largest absolute Gasteiger partial charge is 0.324 e. The molecular formula is C30H23ClN2O3. The van der Waals surface area contributed by atoms with E-state index in [2.05, 4.69) is 22.8 Å². The number of amides is 1. The molecule has 0 heterocycles. The average molecular weight is 495 g/mol. The number of rotatable bonds is 7. The maximum Gasteiger partial charge on any atom is 0.238 e. The van der Waals surface area contributed by atoms with Gasteiger partial charge in [0.2, 0.25) is 5.91 Å². The van der Waals surface area contributed by atoms with E-state index < -0.39 is 0 Å². The van der Waals surface area contributed by atoms with Crippen molar-refractivity contribution in [3.05, 3.63) is 135 Å². The summed E-state index contributed by atoms with van der Waals surface area (Å²) in [6.45, 7) is 0.0372. The van der Waals surface area contributed by atoms with E-state index in [0.29, 0.717) is 23.2 Å². The van der Waals surface area contributed by atoms with E-state index in [1.54, 1.807) is 24.3 Å². The van der Waals surface area contributed by atoms with Gasteiger partial charge in [0, 0.05) is 28.3 Å². The zero-order valence-electron chi connectivity index (χ0n) is 19.3. The third-order valence-corrected chi connectivity index (χ3v) is 6.59. The highest BCUT2D eigenvalue weighted by molar-refractivity contribution is 6.36. The molecule has 4 aromatic rings. The van der Waals surface area contributed by atoms with Gasteiger partial charge in [-0.1, -0.05) is 96.5 Å². The van der Waals surface area contributed by atoms with Crippen LogP contribution in [-0.2, 0) is 11.2 Å². The van der Waals surface area contributed by atoms with E-state index in [0.717, 1.165) is 11.1 Å². The maximum absolute atomic E-state index is 13.0. The van der Waals surface area contributed by atoms with E-state index in [-0.39, 0.29) is 46.2 Å². The second-order valence-corrected chi connectivity index (χ2v) is 9.07. The highest BCUT2D eigenvalue weighted by Crippen LogP contribution is 2.33. The Morgan fingerprint density at radius 2 is 1.28 bits per heavy atom. The molecular weight excluding hydrogens is 472 g/mol. The van der Waals surface area contributed by atoms with Crippen LogP contribution in [0.2, 0.25) is 5.02 Å². The van der Waals surface area contributed by atoms with Crippen molar-refractivity contribution in [2.75, 3.05) is 11.9 Å². The quantitative estimate of drug-likeness (QED) is 0.307. The average Bonchev–Trinajstić information content (AvgIpc) is 2.91. The Morgan fingerprint density at radius 1 is 0.722 bits per heavy atom. The molecule has 0 aliphatic heterocycles. The number of carbonyl (C=O) groups excluding carboxylic acids is 3. The van der Waals surface area contributed by atoms with E-state index >= 15 is 0 Å². The minimum Gasteiger partial charge on any atom is -0.324 e. The Bertz CT molecular complexity index is 1450. The summed E-state index contributed by atoms with van der Waals surface area (Å²) in [4.78, 5) is 38.8. The molecule has 36 heavy (non-hydrogen) atoms. The van der Waals surface area contributed by atoms with Crippen molar-refractivity contribution < 1.29 is 14.4 Å². The summed E-state index contributed by atoms with van der Waals surface area (Å²) in [5, 5.41) is 6.33. The van der Waals surface area contributed by atoms with E-state index in [9.17, 15) is 14.4 Å². The molecule has 6 heteroatoms. The van der Waals surface area contributed by atoms with Crippen LogP contribution in [0.4, 0.5) is 5.69 Å². The molecule has 1 unspecified atom stereocenters. The van der Waals surface area contributed by atoms with Crippen LogP contribution < -0.4 is 10.6 Å². The van der Waals surface area contributed by atoms with Crippen LogP contribution in [0.5, 0.6) is 0 Å². The number of hydrogen-bond acceptors (Lipinski definition) is 4. The van der Waals surface area contributed by atoms with Gasteiger partial charge in [0.15, 0.2) is 11.6 Å². The number of hydrogen-bond donors (Lipinski definition) is 2. The van der Waals surface area contributed by atoms with Gasteiger partial charge in [-0.15, -0.1) is 0 Å². The molecule has 0 spiro atoms. The molecule has 1 aliphatic carbocycles. The summed E-state index contributed by atoms with van der Waals surface area (Å²) in [6.07, 6.45) is 0.716. The standard InChI is InChI=1S/C30H23ClN2O3/c31-25-16-23-24(30(36)22-14-8-7-13-21(22)29(23)35)17-27(25)33-28(34)18-32-26(20-11-5-2-6-12-20)15-19-9-3-1-4-10-19/h1-14,16-17,26,32H,15,18H2,(H,33,34). The Balaban J connectivity index is 1.32. The lowest BCUT2D eigenvalue weighted by molar-refractivity contribution is -0.115. The zero-order valence-corrected chi connectivity index (χ0v) is 20.1. The first-order chi connectivity index (χ1) is 17.5. The number of ketones is 2. The van der Waals surface area contributed by atoms with Crippen LogP contribution >= 0.6 is 11.6 Å². The van der Waals surface area contributed by atoms with Crippen molar-refractivity contribution in [1.82, 2.24) is 5.32 Å². The monoisotopic (exact) mass is 494 g/mol. The number of halogens is 1. The first-order valence-electron chi connectivity index (χ1n) is 11.7. The maximum atomic E-state index is 13.0. The topological polar surface area (TPSA) is 75.3 Å². The second-order valence-electron chi connectivity index (χ2n) is 8.66. The van der Waals surface area contributed by atoms with Gasteiger partial charge in [0.1, 0.15) is 0 Å². The molecule has 5 nitrogen and oxygen atoms in total. The number of benzene rings is 4. The Hall–Kier alpha value is -4.06. The fourth-order valence-electron chi connectivity index (χ4n) is 4.47. The van der Waals surface area contributed by atoms with Gasteiger partial charge in [-0.25, -0.2) is 0 Å². The minimum absolute atomic E-state index is 0.0372. The van der Waals surface area contributed by atoms with Crippen LogP contribution in [0.25, 0.3) is 0 Å². The molecule has 178 valence electrons. The van der Waals surface area contributed by atoms with Crippen molar-refractivity contribution in [1.29, 1.82) is 0 Å². The predicted molar refractivity (Wildman–Crippen MR) is 141 cm³/mol. The first kappa shape index (κ1) is 23.7. The highest BCUT2D eigenvalue weighted by Gasteiger charge is 2.30.